The second-order valence-electron chi connectivity index (χ2n) is 3.52. The molecular weight excluding hydrogens is 280 g/mol. The number of esters is 1. The number of nitrogen functional groups attached to an aromatic ring is 1. The predicted octanol–water partition coefficient (Wildman–Crippen LogP) is 0.716. The summed E-state index contributed by atoms with van der Waals surface area (Å²) in [5.74, 6) is -0.650. The summed E-state index contributed by atoms with van der Waals surface area (Å²) >= 11 is 5.71. The normalized spacial score (nSPS) is 11.6. The molecule has 1 aromatic rings. The Balaban J connectivity index is 3.05. The molecule has 0 aliphatic heterocycles. The maximum Gasteiger partial charge on any atom is 0.321 e. The smallest absolute Gasteiger partial charge is 0.321 e. The molecule has 1 aromatic carbocycles. The first kappa shape index (κ1) is 14.7. The maximum absolute atomic E-state index is 12.1. The van der Waals surface area contributed by atoms with Crippen LogP contribution in [0.25, 0.3) is 0 Å². The number of anilines is 1. The van der Waals surface area contributed by atoms with Crippen molar-refractivity contribution in [3.8, 4) is 0 Å². The van der Waals surface area contributed by atoms with Gasteiger partial charge in [-0.3, -0.25) is 4.79 Å². The Morgan fingerprint density at radius 2 is 2.11 bits per heavy atom. The zero-order chi connectivity index (χ0) is 13.9. The molecule has 0 aliphatic carbocycles. The SMILES string of the molecule is COC(=O)CN(C)S(=O)(=O)c1ccc(Cl)c(N)c1. The average Bonchev–Trinajstić information content (AvgIpc) is 2.32. The summed E-state index contributed by atoms with van der Waals surface area (Å²) in [5.41, 5.74) is 5.70. The Kier molecular flexibility index (Phi) is 4.55. The lowest BCUT2D eigenvalue weighted by molar-refractivity contribution is -0.140. The first-order valence-corrected chi connectivity index (χ1v) is 6.69. The van der Waals surface area contributed by atoms with Gasteiger partial charge in [0.25, 0.3) is 0 Å². The molecular formula is C10H13ClN2O4S. The number of hydrogen-bond donors (Lipinski definition) is 1. The molecule has 1 rings (SSSR count). The first-order chi connectivity index (χ1) is 8.28. The minimum Gasteiger partial charge on any atom is -0.468 e. The van der Waals surface area contributed by atoms with Crippen molar-refractivity contribution in [1.82, 2.24) is 4.31 Å². The molecule has 0 aromatic heterocycles. The van der Waals surface area contributed by atoms with Gasteiger partial charge < -0.3 is 10.5 Å². The van der Waals surface area contributed by atoms with Crippen LogP contribution in [-0.4, -0.2) is 39.4 Å². The minimum absolute atomic E-state index is 0.0317. The van der Waals surface area contributed by atoms with Crippen LogP contribution in [-0.2, 0) is 19.6 Å². The third-order valence-electron chi connectivity index (χ3n) is 2.26. The van der Waals surface area contributed by atoms with E-state index >= 15 is 0 Å². The summed E-state index contributed by atoms with van der Waals surface area (Å²) in [6.45, 7) is -0.374. The molecule has 0 bridgehead atoms. The van der Waals surface area contributed by atoms with E-state index in [0.29, 0.717) is 0 Å². The number of carbonyl (C=O) groups excluding carboxylic acids is 1. The largest absolute Gasteiger partial charge is 0.468 e. The van der Waals surface area contributed by atoms with E-state index in [0.717, 1.165) is 4.31 Å². The van der Waals surface area contributed by atoms with Crippen LogP contribution < -0.4 is 5.73 Å². The van der Waals surface area contributed by atoms with Gasteiger partial charge in [-0.1, -0.05) is 11.6 Å². The Labute approximate surface area is 110 Å². The lowest BCUT2D eigenvalue weighted by Gasteiger charge is -2.16. The Morgan fingerprint density at radius 1 is 1.50 bits per heavy atom. The van der Waals surface area contributed by atoms with Crippen LogP contribution in [0.1, 0.15) is 0 Å². The highest BCUT2D eigenvalue weighted by Crippen LogP contribution is 2.23. The van der Waals surface area contributed by atoms with E-state index in [1.165, 1.54) is 32.4 Å². The Bertz CT molecular complexity index is 559. The zero-order valence-corrected chi connectivity index (χ0v) is 11.5. The highest BCUT2D eigenvalue weighted by atomic mass is 35.5. The van der Waals surface area contributed by atoms with E-state index < -0.39 is 16.0 Å². The van der Waals surface area contributed by atoms with Gasteiger partial charge >= 0.3 is 5.97 Å². The third kappa shape index (κ3) is 3.12. The van der Waals surface area contributed by atoms with Gasteiger partial charge in [0.15, 0.2) is 0 Å². The van der Waals surface area contributed by atoms with Crippen molar-refractivity contribution >= 4 is 33.3 Å². The van der Waals surface area contributed by atoms with Gasteiger partial charge in [-0.25, -0.2) is 8.42 Å². The van der Waals surface area contributed by atoms with Crippen molar-refractivity contribution in [3.63, 3.8) is 0 Å². The number of ether oxygens (including phenoxy) is 1. The van der Waals surface area contributed by atoms with Gasteiger partial charge in [-0.15, -0.1) is 0 Å². The topological polar surface area (TPSA) is 89.7 Å². The van der Waals surface area contributed by atoms with Gasteiger partial charge in [0, 0.05) is 7.05 Å². The van der Waals surface area contributed by atoms with Crippen LogP contribution in [0.15, 0.2) is 23.1 Å². The summed E-state index contributed by atoms with van der Waals surface area (Å²) < 4.78 is 29.4. The summed E-state index contributed by atoms with van der Waals surface area (Å²) in [6.07, 6.45) is 0. The number of likely N-dealkylation sites (N-methyl/N-ethyl adjacent to an activating group) is 1. The number of carbonyl (C=O) groups is 1. The minimum atomic E-state index is -3.79. The van der Waals surface area contributed by atoms with Crippen LogP contribution in [0, 0.1) is 0 Å². The highest BCUT2D eigenvalue weighted by Gasteiger charge is 2.23. The number of nitrogens with zero attached hydrogens (tertiary/aromatic N) is 1. The van der Waals surface area contributed by atoms with Crippen molar-refractivity contribution in [2.75, 3.05) is 26.4 Å². The van der Waals surface area contributed by atoms with Gasteiger partial charge in [-0.05, 0) is 18.2 Å². The van der Waals surface area contributed by atoms with Gasteiger partial charge in [-0.2, -0.15) is 4.31 Å². The van der Waals surface area contributed by atoms with Crippen LogP contribution in [0.4, 0.5) is 5.69 Å². The van der Waals surface area contributed by atoms with Crippen LogP contribution in [0.3, 0.4) is 0 Å². The molecule has 100 valence electrons. The first-order valence-electron chi connectivity index (χ1n) is 4.87. The van der Waals surface area contributed by atoms with Crippen LogP contribution >= 0.6 is 11.6 Å². The summed E-state index contributed by atoms with van der Waals surface area (Å²) in [4.78, 5) is 11.0. The summed E-state index contributed by atoms with van der Waals surface area (Å²) in [7, 11) is -1.33. The fourth-order valence-electron chi connectivity index (χ4n) is 1.19. The van der Waals surface area contributed by atoms with Gasteiger partial charge in [0.1, 0.15) is 6.54 Å². The number of methoxy groups -OCH3 is 1. The third-order valence-corrected chi connectivity index (χ3v) is 4.40. The molecule has 0 atom stereocenters. The van der Waals surface area contributed by atoms with E-state index in [1.54, 1.807) is 0 Å². The van der Waals surface area contributed by atoms with Gasteiger partial charge in [0.2, 0.25) is 10.0 Å². The van der Waals surface area contributed by atoms with Crippen molar-refractivity contribution in [2.45, 2.75) is 4.90 Å². The number of halogens is 1. The van der Waals surface area contributed by atoms with E-state index in [9.17, 15) is 13.2 Å². The van der Waals surface area contributed by atoms with E-state index in [2.05, 4.69) is 4.74 Å². The van der Waals surface area contributed by atoms with Gasteiger partial charge in [0.05, 0.1) is 22.7 Å². The second kappa shape index (κ2) is 5.55. The zero-order valence-electron chi connectivity index (χ0n) is 9.88. The predicted molar refractivity (Wildman–Crippen MR) is 67.7 cm³/mol. The Morgan fingerprint density at radius 3 is 2.61 bits per heavy atom. The van der Waals surface area contributed by atoms with Crippen molar-refractivity contribution in [1.29, 1.82) is 0 Å². The fourth-order valence-corrected chi connectivity index (χ4v) is 2.46. The molecule has 0 unspecified atom stereocenters. The molecule has 0 aliphatic rings. The molecule has 6 nitrogen and oxygen atoms in total. The lowest BCUT2D eigenvalue weighted by atomic mass is 10.3. The quantitative estimate of drug-likeness (QED) is 0.652. The summed E-state index contributed by atoms with van der Waals surface area (Å²) in [5, 5.41) is 0.268. The van der Waals surface area contributed by atoms with Crippen LogP contribution in [0.2, 0.25) is 5.02 Å². The average molecular weight is 293 g/mol. The molecule has 0 saturated carbocycles. The highest BCUT2D eigenvalue weighted by molar-refractivity contribution is 7.89. The lowest BCUT2D eigenvalue weighted by Crippen LogP contribution is -2.32. The summed E-state index contributed by atoms with van der Waals surface area (Å²) in [6, 6.07) is 3.95. The number of sulfonamides is 1. The molecule has 18 heavy (non-hydrogen) atoms. The number of hydrogen-bond acceptors (Lipinski definition) is 5. The molecule has 0 radical (unpaired) electrons. The maximum atomic E-state index is 12.1. The molecule has 0 spiro atoms. The standard InChI is InChI=1S/C10H13ClN2O4S/c1-13(6-10(14)17-2)18(15,16)7-3-4-8(11)9(12)5-7/h3-5H,6,12H2,1-2H3. The Hall–Kier alpha value is -1.31. The number of nitrogens with two attached hydrogens (primary N) is 1. The second-order valence-corrected chi connectivity index (χ2v) is 5.97. The van der Waals surface area contributed by atoms with Crippen molar-refractivity contribution < 1.29 is 17.9 Å². The van der Waals surface area contributed by atoms with E-state index in [-0.39, 0.29) is 22.2 Å². The molecule has 2 N–H and O–H groups in total. The van der Waals surface area contributed by atoms with Crippen molar-refractivity contribution in [2.24, 2.45) is 0 Å². The molecule has 0 amide bonds. The van der Waals surface area contributed by atoms with Crippen molar-refractivity contribution in [3.05, 3.63) is 23.2 Å². The number of rotatable bonds is 4. The van der Waals surface area contributed by atoms with E-state index in [4.69, 9.17) is 17.3 Å². The van der Waals surface area contributed by atoms with E-state index in [1.807, 2.05) is 0 Å². The van der Waals surface area contributed by atoms with Crippen LogP contribution in [0.5, 0.6) is 0 Å². The molecule has 0 fully saturated rings. The fraction of sp³-hybridized carbons (Fsp3) is 0.300. The molecule has 0 saturated heterocycles. The monoisotopic (exact) mass is 292 g/mol. The number of benzene rings is 1. The molecule has 0 heterocycles. The molecule has 8 heteroatoms.